The predicted molar refractivity (Wildman–Crippen MR) is 139 cm³/mol. The number of hydrogen-bond donors (Lipinski definition) is 8. The lowest BCUT2D eigenvalue weighted by Crippen LogP contribution is -2.58. The van der Waals surface area contributed by atoms with Gasteiger partial charge in [0.15, 0.2) is 0 Å². The fourth-order valence-electron chi connectivity index (χ4n) is 4.67. The third kappa shape index (κ3) is 6.74. The van der Waals surface area contributed by atoms with Crippen LogP contribution in [0.4, 0.5) is 0 Å². The van der Waals surface area contributed by atoms with Gasteiger partial charge in [-0.2, -0.15) is 0 Å². The number of aliphatic hydroxyl groups is 8. The van der Waals surface area contributed by atoms with Gasteiger partial charge in [-0.05, 0) is 41.8 Å². The molecular weight excluding hydrogens is 508 g/mol. The largest absolute Gasteiger partial charge is 0.394 e. The molecule has 10 nitrogen and oxygen atoms in total. The molecule has 10 heteroatoms. The highest BCUT2D eigenvalue weighted by atomic mass is 16.6. The van der Waals surface area contributed by atoms with Crippen molar-refractivity contribution in [2.45, 2.75) is 67.5 Å². The topological polar surface area (TPSA) is 180 Å². The van der Waals surface area contributed by atoms with Crippen molar-refractivity contribution >= 4 is 6.08 Å². The Bertz CT molecular complexity index is 1150. The van der Waals surface area contributed by atoms with E-state index in [0.717, 1.165) is 11.1 Å². The van der Waals surface area contributed by atoms with Gasteiger partial charge in [0.05, 0.1) is 19.3 Å². The average molecular weight is 543 g/mol. The molecule has 2 aromatic carbocycles. The lowest BCUT2D eigenvalue weighted by atomic mass is 9.91. The number of ether oxygens (including phenoxy) is 2. The molecule has 0 aromatic heterocycles. The van der Waals surface area contributed by atoms with Crippen LogP contribution >= 0.6 is 0 Å². The van der Waals surface area contributed by atoms with E-state index in [4.69, 9.17) is 9.47 Å². The summed E-state index contributed by atoms with van der Waals surface area (Å²) in [7, 11) is 0. The average Bonchev–Trinajstić information content (AvgIpc) is 2.96. The van der Waals surface area contributed by atoms with Gasteiger partial charge in [-0.1, -0.05) is 48.3 Å². The zero-order valence-corrected chi connectivity index (χ0v) is 21.1. The smallest absolute Gasteiger partial charge is 0.113 e. The van der Waals surface area contributed by atoms with Crippen molar-refractivity contribution in [3.05, 3.63) is 76.9 Å². The lowest BCUT2D eigenvalue weighted by Gasteiger charge is -2.40. The van der Waals surface area contributed by atoms with Gasteiger partial charge in [0, 0.05) is 11.1 Å². The standard InChI is InChI=1S/C29H34O10/c30-14-21-24(33)26(35)23(32)20(38-21)3-1-2-16-4-6-17(7-5-16)8-9-18-10-12-19(13-11-18)29-28(37)27(36)25(34)22(15-31)39-29/h1-2,4-7,10-13,20-37H,3,14-15H2/t20-,21-,22-,23-,24-,25-,26-,27+,28+,29-/m1/s1. The van der Waals surface area contributed by atoms with E-state index in [1.807, 2.05) is 30.3 Å². The number of hydrogen-bond acceptors (Lipinski definition) is 10. The van der Waals surface area contributed by atoms with Crippen molar-refractivity contribution in [2.75, 3.05) is 13.2 Å². The number of aliphatic hydroxyl groups excluding tert-OH is 8. The second-order valence-electron chi connectivity index (χ2n) is 9.75. The van der Waals surface area contributed by atoms with Gasteiger partial charge < -0.3 is 50.3 Å². The molecule has 0 saturated carbocycles. The summed E-state index contributed by atoms with van der Waals surface area (Å²) in [5.41, 5.74) is 2.96. The third-order valence-electron chi connectivity index (χ3n) is 7.06. The Labute approximate surface area is 226 Å². The predicted octanol–water partition coefficient (Wildman–Crippen LogP) is -1.15. The Morgan fingerprint density at radius 3 is 1.64 bits per heavy atom. The zero-order valence-electron chi connectivity index (χ0n) is 21.1. The van der Waals surface area contributed by atoms with Crippen molar-refractivity contribution in [1.82, 2.24) is 0 Å². The van der Waals surface area contributed by atoms with Gasteiger partial charge >= 0.3 is 0 Å². The van der Waals surface area contributed by atoms with Crippen LogP contribution in [0.2, 0.25) is 0 Å². The van der Waals surface area contributed by atoms with E-state index in [0.29, 0.717) is 11.1 Å². The summed E-state index contributed by atoms with van der Waals surface area (Å²) in [4.78, 5) is 0. The van der Waals surface area contributed by atoms with Crippen LogP contribution in [0.25, 0.3) is 6.08 Å². The fraction of sp³-hybridized carbons (Fsp3) is 0.448. The molecule has 0 unspecified atom stereocenters. The first-order chi connectivity index (χ1) is 18.7. The molecule has 2 aliphatic heterocycles. The Hall–Kier alpha value is -2.66. The molecule has 10 atom stereocenters. The molecule has 2 heterocycles. The van der Waals surface area contributed by atoms with Crippen LogP contribution in [0.5, 0.6) is 0 Å². The summed E-state index contributed by atoms with van der Waals surface area (Å²) in [6.45, 7) is -0.951. The monoisotopic (exact) mass is 542 g/mol. The Kier molecular flexibility index (Phi) is 9.87. The zero-order chi connectivity index (χ0) is 28.1. The van der Waals surface area contributed by atoms with Crippen LogP contribution in [0, 0.1) is 11.8 Å². The van der Waals surface area contributed by atoms with Gasteiger partial charge in [-0.15, -0.1) is 0 Å². The van der Waals surface area contributed by atoms with Gasteiger partial charge in [-0.25, -0.2) is 0 Å². The number of rotatable bonds is 6. The molecule has 2 aromatic rings. The number of benzene rings is 2. The molecule has 2 aliphatic rings. The highest BCUT2D eigenvalue weighted by molar-refractivity contribution is 5.52. The first kappa shape index (κ1) is 29.3. The van der Waals surface area contributed by atoms with E-state index in [1.54, 1.807) is 30.3 Å². The second-order valence-corrected chi connectivity index (χ2v) is 9.75. The van der Waals surface area contributed by atoms with E-state index >= 15 is 0 Å². The minimum Gasteiger partial charge on any atom is -0.394 e. The van der Waals surface area contributed by atoms with Crippen LogP contribution in [-0.4, -0.2) is 109 Å². The molecular formula is C29H34O10. The molecule has 4 rings (SSSR count). The molecule has 0 spiro atoms. The van der Waals surface area contributed by atoms with Crippen molar-refractivity contribution in [3.8, 4) is 11.8 Å². The Balaban J connectivity index is 1.34. The quantitative estimate of drug-likeness (QED) is 0.208. The van der Waals surface area contributed by atoms with Crippen LogP contribution in [0.1, 0.15) is 34.8 Å². The summed E-state index contributed by atoms with van der Waals surface area (Å²) in [5.74, 6) is 6.13. The third-order valence-corrected chi connectivity index (χ3v) is 7.06. The fourth-order valence-corrected chi connectivity index (χ4v) is 4.67. The summed E-state index contributed by atoms with van der Waals surface area (Å²) in [6, 6.07) is 14.4. The van der Waals surface area contributed by atoms with Gasteiger partial charge in [-0.3, -0.25) is 0 Å². The first-order valence-electron chi connectivity index (χ1n) is 12.7. The highest BCUT2D eigenvalue weighted by Gasteiger charge is 2.44. The molecule has 0 amide bonds. The molecule has 39 heavy (non-hydrogen) atoms. The van der Waals surface area contributed by atoms with Gasteiger partial charge in [0.2, 0.25) is 0 Å². The molecule has 2 saturated heterocycles. The van der Waals surface area contributed by atoms with Crippen LogP contribution in [0.3, 0.4) is 0 Å². The van der Waals surface area contributed by atoms with Crippen LogP contribution in [-0.2, 0) is 9.47 Å². The van der Waals surface area contributed by atoms with Crippen molar-refractivity contribution in [2.24, 2.45) is 0 Å². The maximum absolute atomic E-state index is 10.3. The van der Waals surface area contributed by atoms with E-state index in [9.17, 15) is 40.9 Å². The van der Waals surface area contributed by atoms with Crippen molar-refractivity contribution in [3.63, 3.8) is 0 Å². The van der Waals surface area contributed by atoms with Crippen molar-refractivity contribution in [1.29, 1.82) is 0 Å². The van der Waals surface area contributed by atoms with Crippen LogP contribution in [0.15, 0.2) is 54.6 Å². The molecule has 2 fully saturated rings. The summed E-state index contributed by atoms with van der Waals surface area (Å²) in [5, 5.41) is 78.8. The first-order valence-corrected chi connectivity index (χ1v) is 12.7. The van der Waals surface area contributed by atoms with E-state index < -0.39 is 74.3 Å². The molecule has 0 aliphatic carbocycles. The Morgan fingerprint density at radius 2 is 1.08 bits per heavy atom. The van der Waals surface area contributed by atoms with E-state index in [-0.39, 0.29) is 6.42 Å². The summed E-state index contributed by atoms with van der Waals surface area (Å²) in [6.07, 6.45) is -7.89. The molecule has 0 radical (unpaired) electrons. The van der Waals surface area contributed by atoms with Crippen LogP contribution < -0.4 is 0 Å². The second kappa shape index (κ2) is 13.1. The highest BCUT2D eigenvalue weighted by Crippen LogP contribution is 2.32. The minimum absolute atomic E-state index is 0.280. The maximum Gasteiger partial charge on any atom is 0.113 e. The normalized spacial score (nSPS) is 35.0. The SMILES string of the molecule is OC[C@H]1O[C@H](CC=Cc2ccc(C#Cc3ccc([C@H]4O[C@H](CO)[C@@H](O)[C@H](O)[C@@H]4O)cc3)cc2)[C@@H](O)[C@@H](O)[C@@H]1O. The Morgan fingerprint density at radius 1 is 0.590 bits per heavy atom. The van der Waals surface area contributed by atoms with Gasteiger partial charge in [0.1, 0.15) is 54.9 Å². The van der Waals surface area contributed by atoms with Gasteiger partial charge in [0.25, 0.3) is 0 Å². The van der Waals surface area contributed by atoms with E-state index in [2.05, 4.69) is 11.8 Å². The van der Waals surface area contributed by atoms with E-state index in [1.165, 1.54) is 0 Å². The molecule has 8 N–H and O–H groups in total. The summed E-state index contributed by atoms with van der Waals surface area (Å²) < 4.78 is 11.1. The van der Waals surface area contributed by atoms with Crippen molar-refractivity contribution < 1.29 is 50.3 Å². The summed E-state index contributed by atoms with van der Waals surface area (Å²) >= 11 is 0. The lowest BCUT2D eigenvalue weighted by molar-refractivity contribution is -0.231. The maximum atomic E-state index is 10.3. The minimum atomic E-state index is -1.44. The molecule has 0 bridgehead atoms. The molecule has 210 valence electrons.